The van der Waals surface area contributed by atoms with E-state index in [0.717, 1.165) is 36.7 Å². The molecular formula is C35H42ClF4N9O3. The largest absolute Gasteiger partial charge is 0.447 e. The average Bonchev–Trinajstić information content (AvgIpc) is 3.94. The number of ether oxygens (including phenoxy) is 1. The molecule has 52 heavy (non-hydrogen) atoms. The third-order valence-corrected chi connectivity index (χ3v) is 8.38. The van der Waals surface area contributed by atoms with Gasteiger partial charge in [0.05, 0.1) is 22.9 Å². The second-order valence-electron chi connectivity index (χ2n) is 13.9. The predicted octanol–water partition coefficient (Wildman–Crippen LogP) is 7.73. The first kappa shape index (κ1) is 39.8. The van der Waals surface area contributed by atoms with Crippen molar-refractivity contribution in [3.63, 3.8) is 0 Å². The van der Waals surface area contributed by atoms with Crippen molar-refractivity contribution in [2.75, 3.05) is 18.7 Å². The van der Waals surface area contributed by atoms with Gasteiger partial charge in [0.2, 0.25) is 0 Å². The molecule has 0 saturated heterocycles. The molecule has 280 valence electrons. The molecule has 3 N–H and O–H groups in total. The highest BCUT2D eigenvalue weighted by Crippen LogP contribution is 2.65. The van der Waals surface area contributed by atoms with Gasteiger partial charge in [0.15, 0.2) is 5.96 Å². The molecule has 2 amide bonds. The maximum atomic E-state index is 14.1. The first-order chi connectivity index (χ1) is 24.5. The Morgan fingerprint density at radius 3 is 2.33 bits per heavy atom. The number of hydrogen-bond donors (Lipinski definition) is 2. The minimum atomic E-state index is -3.14. The van der Waals surface area contributed by atoms with E-state index in [4.69, 9.17) is 22.1 Å². The number of hydrogen-bond acceptors (Lipinski definition) is 7. The molecule has 0 aliphatic heterocycles. The number of hydrazone groups is 1. The van der Waals surface area contributed by atoms with Crippen LogP contribution in [0.2, 0.25) is 5.02 Å². The molecule has 0 radical (unpaired) electrons. The van der Waals surface area contributed by atoms with E-state index in [-0.39, 0.29) is 39.3 Å². The number of nitrogens with two attached hydrogens (primary N) is 1. The monoisotopic (exact) mass is 747 g/mol. The van der Waals surface area contributed by atoms with Gasteiger partial charge >= 0.3 is 19.2 Å². The lowest BCUT2D eigenvalue weighted by Gasteiger charge is -2.32. The highest BCUT2D eigenvalue weighted by Gasteiger charge is 2.63. The Morgan fingerprint density at radius 1 is 1.15 bits per heavy atom. The Labute approximate surface area is 304 Å². The molecule has 2 aliphatic carbocycles. The molecule has 2 atom stereocenters. The minimum absolute atomic E-state index is 0.00200. The molecule has 17 heteroatoms. The van der Waals surface area contributed by atoms with E-state index < -0.39 is 37.7 Å². The molecule has 1 spiro atoms. The van der Waals surface area contributed by atoms with E-state index in [9.17, 15) is 27.2 Å². The summed E-state index contributed by atoms with van der Waals surface area (Å²) in [6.07, 6.45) is 5.42. The second kappa shape index (κ2) is 16.6. The third-order valence-electron chi connectivity index (χ3n) is 8.06. The summed E-state index contributed by atoms with van der Waals surface area (Å²) in [5.74, 6) is -0.964. The highest BCUT2D eigenvalue weighted by atomic mass is 35.5. The van der Waals surface area contributed by atoms with Gasteiger partial charge in [-0.3, -0.25) is 19.7 Å². The quantitative estimate of drug-likeness (QED) is 0.0639. The number of halogens is 5. The number of aliphatic imine (C=N–C) groups is 2. The van der Waals surface area contributed by atoms with Gasteiger partial charge in [-0.25, -0.2) is 14.5 Å². The number of guanidine groups is 1. The van der Waals surface area contributed by atoms with Gasteiger partial charge in [0, 0.05) is 30.4 Å². The maximum absolute atomic E-state index is 14.1. The van der Waals surface area contributed by atoms with Gasteiger partial charge in [-0.1, -0.05) is 57.5 Å². The number of nitrogens with zero attached hydrogens (tertiary/aromatic N) is 7. The molecule has 2 fully saturated rings. The number of carbonyl (C=O) groups excluding carboxylic acids is 2. The molecular weight excluding hydrogens is 706 g/mol. The Balaban J connectivity index is 0.00000113. The topological polar surface area (TPSA) is 143 Å². The van der Waals surface area contributed by atoms with Crippen LogP contribution in [0.1, 0.15) is 75.5 Å². The van der Waals surface area contributed by atoms with Crippen LogP contribution in [0.4, 0.5) is 28.0 Å². The average molecular weight is 748 g/mol. The molecule has 0 bridgehead atoms. The van der Waals surface area contributed by atoms with Gasteiger partial charge < -0.3 is 15.8 Å². The SMILES string of the molecule is C=N/C=N\N(c1cc(C(COC(=O)NC2CC23CC3)N(C(=O)c2ccc(-c3cnn(C(F)F)c3)cc2)C(N)=NC)ccc1Cl)C(F)F.CC(C)(C)C. The smallest absolute Gasteiger partial charge is 0.407 e. The number of benzene rings is 2. The summed E-state index contributed by atoms with van der Waals surface area (Å²) < 4.78 is 60.1. The summed E-state index contributed by atoms with van der Waals surface area (Å²) in [6, 6.07) is 8.82. The van der Waals surface area contributed by atoms with Gasteiger partial charge in [-0.05, 0) is 72.2 Å². The summed E-state index contributed by atoms with van der Waals surface area (Å²) in [5, 5.41) is 10.3. The first-order valence-electron chi connectivity index (χ1n) is 16.2. The van der Waals surface area contributed by atoms with E-state index in [1.165, 1.54) is 55.7 Å². The summed E-state index contributed by atoms with van der Waals surface area (Å²) in [7, 11) is 1.34. The Kier molecular flexibility index (Phi) is 12.7. The van der Waals surface area contributed by atoms with Crippen LogP contribution >= 0.6 is 11.6 Å². The lowest BCUT2D eigenvalue weighted by atomic mass is 10.0. The summed E-state index contributed by atoms with van der Waals surface area (Å²) in [4.78, 5) is 35.3. The first-order valence-corrected chi connectivity index (χ1v) is 16.6. The Hall–Kier alpha value is -4.99. The number of anilines is 1. The normalized spacial score (nSPS) is 16.7. The van der Waals surface area contributed by atoms with Gasteiger partial charge in [-0.2, -0.15) is 27.8 Å². The fraction of sp³-hybridized carbons (Fsp3) is 0.429. The van der Waals surface area contributed by atoms with E-state index in [1.807, 2.05) is 0 Å². The number of alkyl halides is 4. The van der Waals surface area contributed by atoms with Crippen LogP contribution in [-0.4, -0.2) is 71.9 Å². The number of carbonyl (C=O) groups is 2. The lowest BCUT2D eigenvalue weighted by molar-refractivity contribution is 0.0566. The lowest BCUT2D eigenvalue weighted by Crippen LogP contribution is -2.46. The molecule has 2 aliphatic rings. The van der Waals surface area contributed by atoms with Crippen molar-refractivity contribution in [2.24, 2.45) is 31.6 Å². The van der Waals surface area contributed by atoms with Crippen molar-refractivity contribution < 1.29 is 31.9 Å². The molecule has 12 nitrogen and oxygen atoms in total. The van der Waals surface area contributed by atoms with E-state index in [2.05, 4.69) is 59.9 Å². The van der Waals surface area contributed by atoms with Crippen molar-refractivity contribution >= 4 is 48.3 Å². The zero-order chi connectivity index (χ0) is 38.4. The van der Waals surface area contributed by atoms with Crippen LogP contribution in [0, 0.1) is 10.8 Å². The van der Waals surface area contributed by atoms with Crippen LogP contribution < -0.4 is 16.1 Å². The van der Waals surface area contributed by atoms with Crippen molar-refractivity contribution in [1.29, 1.82) is 0 Å². The van der Waals surface area contributed by atoms with Crippen molar-refractivity contribution in [3.05, 3.63) is 71.0 Å². The molecule has 2 unspecified atom stereocenters. The summed E-state index contributed by atoms with van der Waals surface area (Å²) in [5.41, 5.74) is 7.86. The Bertz CT molecular complexity index is 1780. The molecule has 2 saturated carbocycles. The van der Waals surface area contributed by atoms with Crippen molar-refractivity contribution in [1.82, 2.24) is 20.0 Å². The molecule has 3 aromatic rings. The summed E-state index contributed by atoms with van der Waals surface area (Å²) >= 11 is 6.29. The van der Waals surface area contributed by atoms with Crippen LogP contribution in [0.15, 0.2) is 69.9 Å². The highest BCUT2D eigenvalue weighted by molar-refractivity contribution is 6.33. The zero-order valence-electron chi connectivity index (χ0n) is 29.4. The van der Waals surface area contributed by atoms with Crippen LogP contribution in [0.3, 0.4) is 0 Å². The van der Waals surface area contributed by atoms with Gasteiger partial charge in [0.25, 0.3) is 5.91 Å². The third kappa shape index (κ3) is 10.3. The van der Waals surface area contributed by atoms with Crippen LogP contribution in [-0.2, 0) is 4.74 Å². The molecule has 1 heterocycles. The van der Waals surface area contributed by atoms with E-state index in [0.29, 0.717) is 26.2 Å². The maximum Gasteiger partial charge on any atom is 0.407 e. The molecule has 1 aromatic heterocycles. The van der Waals surface area contributed by atoms with Crippen molar-refractivity contribution in [2.45, 2.75) is 72.1 Å². The predicted molar refractivity (Wildman–Crippen MR) is 193 cm³/mol. The number of alkyl carbamates (subject to hydrolysis) is 1. The number of aromatic nitrogens is 2. The number of nitrogens with one attached hydrogen (secondary N) is 1. The second-order valence-corrected chi connectivity index (χ2v) is 14.4. The number of rotatable bonds is 12. The summed E-state index contributed by atoms with van der Waals surface area (Å²) in [6.45, 7) is 5.54. The standard InChI is InChI=1S/C30H30ClF4N9O3.C5H12/c1-37-16-40-44(27(34)35)22-11-19(7-8-21(22)31)23(15-47-29(46)41-24-12-30(24)9-10-30)43(28(36)38-2)25(45)18-5-3-17(4-6-18)20-13-39-42(14-20)26(32)33;1-5(2,3)4/h3-8,11,13-14,16,23-24,26-27H,1,9-10,12,15H2,2H3,(H2,36,38)(H,41,46);1-4H3/b40-16-;. The Morgan fingerprint density at radius 2 is 1.81 bits per heavy atom. The fourth-order valence-electron chi connectivity index (χ4n) is 5.20. The number of amides is 2. The zero-order valence-corrected chi connectivity index (χ0v) is 30.2. The van der Waals surface area contributed by atoms with E-state index >= 15 is 0 Å². The van der Waals surface area contributed by atoms with E-state index in [1.54, 1.807) is 0 Å². The minimum Gasteiger partial charge on any atom is -0.447 e. The van der Waals surface area contributed by atoms with Gasteiger partial charge in [0.1, 0.15) is 12.9 Å². The van der Waals surface area contributed by atoms with Crippen LogP contribution in [0.25, 0.3) is 11.1 Å². The van der Waals surface area contributed by atoms with Gasteiger partial charge in [-0.15, -0.1) is 0 Å². The fourth-order valence-corrected chi connectivity index (χ4v) is 5.40. The molecule has 2 aromatic carbocycles. The van der Waals surface area contributed by atoms with Crippen LogP contribution in [0.5, 0.6) is 0 Å². The molecule has 5 rings (SSSR count). The van der Waals surface area contributed by atoms with Crippen molar-refractivity contribution in [3.8, 4) is 11.1 Å².